The van der Waals surface area contributed by atoms with E-state index in [2.05, 4.69) is 31.0 Å². The number of rotatable bonds is 12. The minimum atomic E-state index is -4.98. The van der Waals surface area contributed by atoms with Crippen LogP contribution in [0.4, 0.5) is 5.13 Å². The molecular weight excluding hydrogens is 572 g/mol. The number of nitrogens with one attached hydrogen (secondary N) is 2. The Hall–Kier alpha value is -3.72. The van der Waals surface area contributed by atoms with Crippen LogP contribution in [0.25, 0.3) is 0 Å². The fourth-order valence-electron chi connectivity index (χ4n) is 4.29. The molecule has 2 atom stereocenters. The molecule has 0 aromatic carbocycles. The Morgan fingerprint density at radius 1 is 1.32 bits per heavy atom. The molecule has 1 saturated heterocycles. The zero-order valence-electron chi connectivity index (χ0n) is 20.7. The summed E-state index contributed by atoms with van der Waals surface area (Å²) < 4.78 is 33.6. The Kier molecular flexibility index (Phi) is 7.20. The van der Waals surface area contributed by atoms with Gasteiger partial charge in [-0.3, -0.25) is 14.1 Å². The van der Waals surface area contributed by atoms with Crippen LogP contribution in [0.3, 0.4) is 0 Å². The predicted molar refractivity (Wildman–Crippen MR) is 136 cm³/mol. The van der Waals surface area contributed by atoms with Crippen molar-refractivity contribution in [1.82, 2.24) is 34.9 Å². The van der Waals surface area contributed by atoms with Gasteiger partial charge in [0.15, 0.2) is 10.8 Å². The Balaban J connectivity index is 1.31. The molecule has 2 saturated carbocycles. The second-order valence-electron chi connectivity index (χ2n) is 9.73. The molecule has 5 rings (SSSR count). The van der Waals surface area contributed by atoms with E-state index in [4.69, 9.17) is 16.3 Å². The molecule has 0 radical (unpaired) electrons. The number of oxime groups is 1. The molecule has 2 amide bonds. The fourth-order valence-corrected chi connectivity index (χ4v) is 5.71. The van der Waals surface area contributed by atoms with Crippen LogP contribution in [0.2, 0.25) is 0 Å². The van der Waals surface area contributed by atoms with Crippen molar-refractivity contribution in [3.8, 4) is 0 Å². The van der Waals surface area contributed by atoms with E-state index in [-0.39, 0.29) is 46.6 Å². The zero-order valence-corrected chi connectivity index (χ0v) is 22.3. The van der Waals surface area contributed by atoms with E-state index in [0.29, 0.717) is 12.2 Å². The third-order valence-electron chi connectivity index (χ3n) is 6.77. The Morgan fingerprint density at radius 2 is 2.05 bits per heavy atom. The summed E-state index contributed by atoms with van der Waals surface area (Å²) in [5.74, 6) is -3.38. The van der Waals surface area contributed by atoms with E-state index >= 15 is 0 Å². The molecule has 2 aliphatic carbocycles. The van der Waals surface area contributed by atoms with Crippen LogP contribution in [0.5, 0.6) is 0 Å². The number of aromatic nitrogens is 4. The van der Waals surface area contributed by atoms with Gasteiger partial charge in [-0.15, -0.1) is 11.3 Å². The quantitative estimate of drug-likeness (QED) is 0.0634. The number of nitrogen functional groups attached to an aromatic ring is 1. The number of carbonyl (C=O) groups is 3. The molecule has 8 N–H and O–H groups in total. The number of nitrogens with two attached hydrogens (primary N) is 2. The second-order valence-corrected chi connectivity index (χ2v) is 11.9. The number of thiazole rings is 1. The lowest BCUT2D eigenvalue weighted by molar-refractivity contribution is -0.153. The maximum Gasteiger partial charge on any atom is 0.362 e. The first-order valence-corrected chi connectivity index (χ1v) is 14.3. The summed E-state index contributed by atoms with van der Waals surface area (Å²) in [6, 6.07) is -2.30. The number of anilines is 1. The summed E-state index contributed by atoms with van der Waals surface area (Å²) in [6.45, 7) is 0.0944. The molecule has 216 valence electrons. The van der Waals surface area contributed by atoms with E-state index in [1.807, 2.05) is 0 Å². The number of carbonyl (C=O) groups excluding carboxylic acids is 2. The third kappa shape index (κ3) is 5.61. The Morgan fingerprint density at radius 3 is 2.62 bits per heavy atom. The fraction of sp³-hybridized carbons (Fsp3) is 0.550. The lowest BCUT2D eigenvalue weighted by Crippen LogP contribution is -2.73. The van der Waals surface area contributed by atoms with Gasteiger partial charge in [-0.05, 0) is 12.8 Å². The van der Waals surface area contributed by atoms with Gasteiger partial charge in [-0.1, -0.05) is 5.16 Å². The molecule has 3 heterocycles. The lowest BCUT2D eigenvalue weighted by Gasteiger charge is -2.43. The molecule has 3 fully saturated rings. The summed E-state index contributed by atoms with van der Waals surface area (Å²) in [6.07, 6.45) is 3.49. The Bertz CT molecular complexity index is 1460. The number of amides is 2. The SMILES string of the molecule is Nc1nc(C(=NOC2(C(=O)O)CC2)C(=O)N[C@@H]2C(=O)N(S(=O)(=O)O)[C@H]2Cn2ncc(CNC3CC(N)C3)n2)cs1. The van der Waals surface area contributed by atoms with Crippen molar-refractivity contribution in [3.63, 3.8) is 0 Å². The summed E-state index contributed by atoms with van der Waals surface area (Å²) in [5, 5.41) is 28.5. The highest BCUT2D eigenvalue weighted by Crippen LogP contribution is 2.40. The minimum Gasteiger partial charge on any atom is -0.478 e. The summed E-state index contributed by atoms with van der Waals surface area (Å²) >= 11 is 0.979. The first-order chi connectivity index (χ1) is 18.9. The van der Waals surface area contributed by atoms with Crippen LogP contribution in [-0.4, -0.2) is 95.6 Å². The average molecular weight is 599 g/mol. The van der Waals surface area contributed by atoms with Crippen LogP contribution in [0.15, 0.2) is 16.7 Å². The largest absolute Gasteiger partial charge is 0.478 e. The standard InChI is InChI=1S/C20H26N10O8S2/c21-9-3-10(4-9)23-5-11-6-24-29(27-11)7-13-15(17(32)30(13)40(35,36)37)26-16(31)14(12-8-39-19(22)25-12)28-38-20(1-2-20)18(33)34/h6,8-10,13,15,23H,1-5,7,21H2,(H2,22,25)(H,26,31)(H,33,34)(H,35,36,37)/t9?,10?,13-,15-/m0/s1. The van der Waals surface area contributed by atoms with Crippen molar-refractivity contribution in [2.24, 2.45) is 10.9 Å². The van der Waals surface area contributed by atoms with E-state index < -0.39 is 51.5 Å². The second kappa shape index (κ2) is 10.4. The minimum absolute atomic E-state index is 0.0468. The van der Waals surface area contributed by atoms with Crippen molar-refractivity contribution in [1.29, 1.82) is 0 Å². The van der Waals surface area contributed by atoms with E-state index in [1.54, 1.807) is 0 Å². The summed E-state index contributed by atoms with van der Waals surface area (Å²) in [4.78, 5) is 47.6. The predicted octanol–water partition coefficient (Wildman–Crippen LogP) is -2.57. The van der Waals surface area contributed by atoms with Crippen molar-refractivity contribution in [2.75, 3.05) is 5.73 Å². The van der Waals surface area contributed by atoms with Gasteiger partial charge in [-0.25, -0.2) is 14.1 Å². The molecule has 18 nitrogen and oxygen atoms in total. The number of aliphatic carboxylic acids is 1. The van der Waals surface area contributed by atoms with Gasteiger partial charge in [0.1, 0.15) is 17.8 Å². The number of hydrogen-bond donors (Lipinski definition) is 6. The lowest BCUT2D eigenvalue weighted by atomic mass is 9.88. The monoisotopic (exact) mass is 598 g/mol. The maximum absolute atomic E-state index is 13.2. The van der Waals surface area contributed by atoms with Crippen LogP contribution in [-0.2, 0) is 42.6 Å². The van der Waals surface area contributed by atoms with Crippen molar-refractivity contribution >= 4 is 50.3 Å². The molecule has 20 heteroatoms. The van der Waals surface area contributed by atoms with Gasteiger partial charge in [0.25, 0.3) is 11.8 Å². The van der Waals surface area contributed by atoms with Gasteiger partial charge in [0, 0.05) is 36.9 Å². The number of β-lactam (4-membered cyclic amide) rings is 1. The number of hydrogen-bond acceptors (Lipinski definition) is 14. The van der Waals surface area contributed by atoms with E-state index in [0.717, 1.165) is 29.0 Å². The van der Waals surface area contributed by atoms with Gasteiger partial charge < -0.3 is 32.0 Å². The number of carboxylic acid groups (broad SMARTS) is 1. The third-order valence-corrected chi connectivity index (χ3v) is 8.39. The normalized spacial score (nSPS) is 25.6. The van der Waals surface area contributed by atoms with Gasteiger partial charge in [0.05, 0.1) is 18.4 Å². The van der Waals surface area contributed by atoms with Gasteiger partial charge in [0.2, 0.25) is 5.60 Å². The van der Waals surface area contributed by atoms with Gasteiger partial charge in [-0.2, -0.15) is 23.4 Å². The van der Waals surface area contributed by atoms with Crippen LogP contribution >= 0.6 is 11.3 Å². The summed E-state index contributed by atoms with van der Waals surface area (Å²) in [5.41, 5.74) is 9.88. The number of nitrogens with zero attached hydrogens (tertiary/aromatic N) is 6. The smallest absolute Gasteiger partial charge is 0.362 e. The summed E-state index contributed by atoms with van der Waals surface area (Å²) in [7, 11) is -4.98. The van der Waals surface area contributed by atoms with Crippen molar-refractivity contribution in [3.05, 3.63) is 23.0 Å². The van der Waals surface area contributed by atoms with Crippen molar-refractivity contribution in [2.45, 2.75) is 68.5 Å². The first-order valence-electron chi connectivity index (χ1n) is 12.1. The zero-order chi connectivity index (χ0) is 28.8. The molecule has 0 unspecified atom stereocenters. The molecule has 0 spiro atoms. The van der Waals surface area contributed by atoms with Crippen LogP contribution < -0.4 is 22.1 Å². The van der Waals surface area contributed by atoms with E-state index in [9.17, 15) is 32.5 Å². The molecule has 40 heavy (non-hydrogen) atoms. The Labute approximate surface area is 230 Å². The van der Waals surface area contributed by atoms with Crippen LogP contribution in [0, 0.1) is 0 Å². The average Bonchev–Trinajstić information content (AvgIpc) is 3.32. The highest BCUT2D eigenvalue weighted by Gasteiger charge is 2.56. The molecule has 3 aliphatic rings. The van der Waals surface area contributed by atoms with Crippen LogP contribution in [0.1, 0.15) is 37.1 Å². The molecular formula is C20H26N10O8S2. The number of carboxylic acids is 1. The molecule has 2 aromatic heterocycles. The molecule has 1 aliphatic heterocycles. The van der Waals surface area contributed by atoms with Gasteiger partial charge >= 0.3 is 16.3 Å². The highest BCUT2D eigenvalue weighted by molar-refractivity contribution is 7.84. The van der Waals surface area contributed by atoms with Crippen molar-refractivity contribution < 1.29 is 37.3 Å². The maximum atomic E-state index is 13.2. The van der Waals surface area contributed by atoms with E-state index in [1.165, 1.54) is 11.6 Å². The first kappa shape index (κ1) is 27.8. The highest BCUT2D eigenvalue weighted by atomic mass is 32.2. The molecule has 0 bridgehead atoms. The topological polar surface area (TPSA) is 270 Å². The molecule has 2 aromatic rings.